The van der Waals surface area contributed by atoms with Crippen molar-refractivity contribution in [3.05, 3.63) is 65.1 Å². The first-order valence-electron chi connectivity index (χ1n) is 9.40. The summed E-state index contributed by atoms with van der Waals surface area (Å²) < 4.78 is 78.8. The van der Waals surface area contributed by atoms with Crippen molar-refractivity contribution < 1.29 is 26.3 Å². The fraction of sp³-hybridized carbons (Fsp3) is 0.250. The average Bonchev–Trinajstić information content (AvgIpc) is 2.74. The monoisotopic (exact) mass is 467 g/mol. The van der Waals surface area contributed by atoms with Gasteiger partial charge in [0, 0.05) is 19.5 Å². The second-order valence-corrected chi connectivity index (χ2v) is 7.21. The van der Waals surface area contributed by atoms with Gasteiger partial charge in [-0.05, 0) is 24.6 Å². The molecule has 0 saturated heterocycles. The molecule has 0 bridgehead atoms. The lowest BCUT2D eigenvalue weighted by molar-refractivity contribution is -0.141. The number of pyridine rings is 1. The molecule has 2 aromatic heterocycles. The quantitative estimate of drug-likeness (QED) is 0.681. The molecule has 2 aliphatic rings. The summed E-state index contributed by atoms with van der Waals surface area (Å²) in [5.41, 5.74) is -1.15. The third-order valence-electron chi connectivity index (χ3n) is 4.84. The number of aromatic nitrogens is 3. The van der Waals surface area contributed by atoms with Crippen LogP contribution in [-0.2, 0) is 12.4 Å². The van der Waals surface area contributed by atoms with Crippen LogP contribution in [0.1, 0.15) is 22.5 Å². The molecule has 4 rings (SSSR count). The maximum absolute atomic E-state index is 13.6. The number of anilines is 1. The topological polar surface area (TPSA) is 78.7 Å². The minimum atomic E-state index is -4.62. The fourth-order valence-electron chi connectivity index (χ4n) is 3.27. The van der Waals surface area contributed by atoms with Gasteiger partial charge in [0.1, 0.15) is 17.2 Å². The van der Waals surface area contributed by atoms with E-state index >= 15 is 0 Å². The van der Waals surface area contributed by atoms with Gasteiger partial charge in [-0.1, -0.05) is 0 Å². The molecule has 1 unspecified atom stereocenters. The first-order valence-corrected chi connectivity index (χ1v) is 9.40. The second-order valence-electron chi connectivity index (χ2n) is 7.21. The number of alkyl halides is 6. The summed E-state index contributed by atoms with van der Waals surface area (Å²) in [6.07, 6.45) is -3.01. The van der Waals surface area contributed by atoms with E-state index in [1.165, 1.54) is 36.5 Å². The molecule has 13 heteroatoms. The zero-order chi connectivity index (χ0) is 24.0. The predicted molar refractivity (Wildman–Crippen MR) is 108 cm³/mol. The van der Waals surface area contributed by atoms with Crippen molar-refractivity contribution in [1.82, 2.24) is 19.9 Å². The predicted octanol–water partition coefficient (Wildman–Crippen LogP) is 4.31. The van der Waals surface area contributed by atoms with Gasteiger partial charge in [-0.2, -0.15) is 26.3 Å². The SMILES string of the molecule is Cc1cnc(C2=CN=C3C(Nc4cnc(C(F)(F)F)cn4)=CC=NC3N2C)c(C(F)(F)F)c1. The van der Waals surface area contributed by atoms with Crippen LogP contribution in [0.2, 0.25) is 0 Å². The zero-order valence-electron chi connectivity index (χ0n) is 17.1. The lowest BCUT2D eigenvalue weighted by atomic mass is 10.0. The molecule has 1 atom stereocenters. The van der Waals surface area contributed by atoms with Gasteiger partial charge in [-0.15, -0.1) is 0 Å². The van der Waals surface area contributed by atoms with Crippen LogP contribution in [-0.4, -0.2) is 45.0 Å². The number of halogens is 6. The lowest BCUT2D eigenvalue weighted by Gasteiger charge is -2.35. The number of hydrogen-bond acceptors (Lipinski definition) is 7. The summed E-state index contributed by atoms with van der Waals surface area (Å²) in [4.78, 5) is 21.1. The highest BCUT2D eigenvalue weighted by molar-refractivity contribution is 6.12. The van der Waals surface area contributed by atoms with Crippen LogP contribution in [0.5, 0.6) is 0 Å². The van der Waals surface area contributed by atoms with E-state index in [0.29, 0.717) is 23.2 Å². The Labute approximate surface area is 183 Å². The molecule has 0 aliphatic carbocycles. The zero-order valence-corrected chi connectivity index (χ0v) is 17.1. The Bertz CT molecular complexity index is 1190. The molecule has 0 spiro atoms. The Hall–Kier alpha value is -3.77. The number of hydrogen-bond donors (Lipinski definition) is 1. The number of allylic oxidation sites excluding steroid dienone is 1. The number of fused-ring (bicyclic) bond motifs is 1. The van der Waals surface area contributed by atoms with E-state index in [9.17, 15) is 26.3 Å². The number of aryl methyl sites for hydroxylation is 1. The van der Waals surface area contributed by atoms with Crippen molar-refractivity contribution >= 4 is 23.4 Å². The van der Waals surface area contributed by atoms with E-state index in [-0.39, 0.29) is 17.2 Å². The van der Waals surface area contributed by atoms with Gasteiger partial charge in [0.15, 0.2) is 11.9 Å². The minimum Gasteiger partial charge on any atom is -0.345 e. The van der Waals surface area contributed by atoms with Crippen LogP contribution < -0.4 is 5.32 Å². The molecule has 2 aromatic rings. The third kappa shape index (κ3) is 4.43. The van der Waals surface area contributed by atoms with E-state index in [4.69, 9.17) is 0 Å². The maximum Gasteiger partial charge on any atom is 0.434 e. The molecule has 33 heavy (non-hydrogen) atoms. The van der Waals surface area contributed by atoms with E-state index < -0.39 is 29.8 Å². The molecule has 0 fully saturated rings. The molecule has 0 radical (unpaired) electrons. The highest BCUT2D eigenvalue weighted by atomic mass is 19.4. The van der Waals surface area contributed by atoms with Gasteiger partial charge in [0.2, 0.25) is 0 Å². The summed E-state index contributed by atoms with van der Waals surface area (Å²) in [6, 6.07) is 1.01. The maximum atomic E-state index is 13.6. The summed E-state index contributed by atoms with van der Waals surface area (Å²) >= 11 is 0. The largest absolute Gasteiger partial charge is 0.434 e. The Morgan fingerprint density at radius 2 is 1.73 bits per heavy atom. The van der Waals surface area contributed by atoms with Crippen molar-refractivity contribution in [2.75, 3.05) is 12.4 Å². The molecule has 7 nitrogen and oxygen atoms in total. The van der Waals surface area contributed by atoms with Crippen LogP contribution >= 0.6 is 0 Å². The van der Waals surface area contributed by atoms with Gasteiger partial charge in [-0.25, -0.2) is 9.97 Å². The minimum absolute atomic E-state index is 0.0305. The van der Waals surface area contributed by atoms with Crippen LogP contribution in [0.25, 0.3) is 5.70 Å². The summed E-state index contributed by atoms with van der Waals surface area (Å²) in [7, 11) is 1.55. The van der Waals surface area contributed by atoms with E-state index in [1.807, 2.05) is 0 Å². The van der Waals surface area contributed by atoms with E-state index in [2.05, 4.69) is 30.3 Å². The van der Waals surface area contributed by atoms with Crippen molar-refractivity contribution in [3.63, 3.8) is 0 Å². The van der Waals surface area contributed by atoms with Crippen LogP contribution in [0.3, 0.4) is 0 Å². The van der Waals surface area contributed by atoms with E-state index in [0.717, 1.165) is 12.3 Å². The highest BCUT2D eigenvalue weighted by Crippen LogP contribution is 2.37. The van der Waals surface area contributed by atoms with E-state index in [1.54, 1.807) is 7.05 Å². The Balaban J connectivity index is 1.66. The molecule has 1 N–H and O–H groups in total. The molecular formula is C20H15F6N7. The Morgan fingerprint density at radius 3 is 2.36 bits per heavy atom. The Morgan fingerprint density at radius 1 is 0.970 bits per heavy atom. The van der Waals surface area contributed by atoms with Gasteiger partial charge >= 0.3 is 12.4 Å². The van der Waals surface area contributed by atoms with Crippen LogP contribution in [0, 0.1) is 6.92 Å². The highest BCUT2D eigenvalue weighted by Gasteiger charge is 2.38. The van der Waals surface area contributed by atoms with Gasteiger partial charge < -0.3 is 10.2 Å². The number of dihydropyridines is 1. The molecule has 4 heterocycles. The molecule has 172 valence electrons. The Kier molecular flexibility index (Phi) is 5.42. The van der Waals surface area contributed by atoms with Crippen molar-refractivity contribution in [1.29, 1.82) is 0 Å². The number of rotatable bonds is 3. The van der Waals surface area contributed by atoms with Crippen LogP contribution in [0.4, 0.5) is 32.2 Å². The number of nitrogens with one attached hydrogen (secondary N) is 1. The molecule has 0 aromatic carbocycles. The molecular weight excluding hydrogens is 452 g/mol. The average molecular weight is 467 g/mol. The second kappa shape index (κ2) is 7.98. The third-order valence-corrected chi connectivity index (χ3v) is 4.84. The molecule has 2 aliphatic heterocycles. The molecule has 0 saturated carbocycles. The van der Waals surface area contributed by atoms with Crippen molar-refractivity contribution in [2.24, 2.45) is 9.98 Å². The lowest BCUT2D eigenvalue weighted by Crippen LogP contribution is -2.42. The summed E-state index contributed by atoms with van der Waals surface area (Å²) in [5.74, 6) is 0.0305. The smallest absolute Gasteiger partial charge is 0.345 e. The standard InChI is InChI=1S/C20H15F6N7/c1-10-5-11(19(21,22)23)16(30-6-10)13-7-31-17-12(3-4-27-18(17)33(13)2)32-15-9-28-14(8-29-15)20(24,25)26/h3-9,18H,1-2H3,(H,29,32). The van der Waals surface area contributed by atoms with Crippen LogP contribution in [0.15, 0.2) is 52.6 Å². The summed E-state index contributed by atoms with van der Waals surface area (Å²) in [5, 5.41) is 2.82. The first kappa shape index (κ1) is 22.4. The van der Waals surface area contributed by atoms with Crippen molar-refractivity contribution in [3.8, 4) is 0 Å². The normalized spacial score (nSPS) is 18.4. The van der Waals surface area contributed by atoms with Gasteiger partial charge in [0.25, 0.3) is 0 Å². The number of aliphatic imine (C=N–C) groups is 2. The molecule has 0 amide bonds. The van der Waals surface area contributed by atoms with Gasteiger partial charge in [0.05, 0.1) is 35.6 Å². The van der Waals surface area contributed by atoms with Crippen molar-refractivity contribution in [2.45, 2.75) is 25.4 Å². The summed E-state index contributed by atoms with van der Waals surface area (Å²) in [6.45, 7) is 1.51. The van der Waals surface area contributed by atoms with Gasteiger partial charge in [-0.3, -0.25) is 15.0 Å². The fourth-order valence-corrected chi connectivity index (χ4v) is 3.27. The number of nitrogens with zero attached hydrogens (tertiary/aromatic N) is 6. The first-order chi connectivity index (χ1) is 15.4.